The molecule has 1 aromatic rings. The summed E-state index contributed by atoms with van der Waals surface area (Å²) >= 11 is 2.19. The van der Waals surface area contributed by atoms with Crippen LogP contribution in [0.15, 0.2) is 12.1 Å². The van der Waals surface area contributed by atoms with Gasteiger partial charge in [-0.25, -0.2) is 0 Å². The molecular formula is C22H28N2O6S2. The van der Waals surface area contributed by atoms with Crippen molar-refractivity contribution < 1.29 is 28.7 Å². The maximum atomic E-state index is 13.2. The quantitative estimate of drug-likeness (QED) is 0.446. The number of nitrogens with zero attached hydrogens (tertiary/aromatic N) is 2. The number of carbonyl (C=O) groups excluding carboxylic acids is 4. The Bertz CT molecular complexity index is 820. The van der Waals surface area contributed by atoms with E-state index in [1.54, 1.807) is 0 Å². The van der Waals surface area contributed by atoms with Crippen molar-refractivity contribution in [1.82, 2.24) is 9.80 Å². The van der Waals surface area contributed by atoms with Crippen LogP contribution in [0, 0.1) is 0 Å². The maximum absolute atomic E-state index is 13.2. The molecule has 32 heavy (non-hydrogen) atoms. The molecule has 2 saturated heterocycles. The lowest BCUT2D eigenvalue weighted by Gasteiger charge is -2.22. The molecule has 8 nitrogen and oxygen atoms in total. The van der Waals surface area contributed by atoms with E-state index in [1.165, 1.54) is 21.9 Å². The third kappa shape index (κ3) is 5.40. The monoisotopic (exact) mass is 480 g/mol. The molecule has 0 aromatic heterocycles. The molecule has 4 amide bonds. The number of unbranched alkanes of at least 4 members (excludes halogenated alkanes) is 2. The predicted molar refractivity (Wildman–Crippen MR) is 125 cm³/mol. The number of rotatable bonds is 10. The summed E-state index contributed by atoms with van der Waals surface area (Å²) in [4.78, 5) is 53.0. The van der Waals surface area contributed by atoms with Crippen molar-refractivity contribution >= 4 is 45.8 Å². The van der Waals surface area contributed by atoms with Crippen LogP contribution in [-0.4, -0.2) is 69.9 Å². The van der Waals surface area contributed by atoms with Crippen molar-refractivity contribution in [3.05, 3.63) is 23.3 Å². The third-order valence-electron chi connectivity index (χ3n) is 5.07. The molecule has 2 aliphatic heterocycles. The Morgan fingerprint density at radius 2 is 1.22 bits per heavy atom. The summed E-state index contributed by atoms with van der Waals surface area (Å²) in [7, 11) is 0. The SMILES string of the molecule is CCCCOc1c(C(=O)N2CCSC2=O)ccc(C(=O)N2CCSC2=O)c1OCCCC. The fraction of sp³-hybridized carbons (Fsp3) is 0.545. The zero-order valence-electron chi connectivity index (χ0n) is 18.4. The minimum atomic E-state index is -0.473. The zero-order valence-corrected chi connectivity index (χ0v) is 20.0. The van der Waals surface area contributed by atoms with Gasteiger partial charge in [0.25, 0.3) is 22.3 Å². The van der Waals surface area contributed by atoms with Crippen molar-refractivity contribution in [1.29, 1.82) is 0 Å². The minimum absolute atomic E-state index is 0.161. The number of ether oxygens (including phenoxy) is 2. The maximum Gasteiger partial charge on any atom is 0.288 e. The first kappa shape index (κ1) is 24.4. The average Bonchev–Trinajstić information content (AvgIpc) is 3.41. The van der Waals surface area contributed by atoms with Gasteiger partial charge in [0.2, 0.25) is 0 Å². The predicted octanol–water partition coefficient (Wildman–Crippen LogP) is 4.66. The summed E-state index contributed by atoms with van der Waals surface area (Å²) in [6.07, 6.45) is 3.27. The van der Waals surface area contributed by atoms with Crippen molar-refractivity contribution in [2.75, 3.05) is 37.8 Å². The van der Waals surface area contributed by atoms with Crippen molar-refractivity contribution in [3.63, 3.8) is 0 Å². The number of amides is 4. The molecule has 0 spiro atoms. The molecule has 2 aliphatic rings. The molecule has 0 unspecified atom stereocenters. The van der Waals surface area contributed by atoms with E-state index in [9.17, 15) is 19.2 Å². The van der Waals surface area contributed by atoms with Gasteiger partial charge in [-0.15, -0.1) is 0 Å². The standard InChI is InChI=1S/C22H28N2O6S2/c1-3-5-11-29-17-15(19(25)23-9-13-31-21(23)27)7-8-16(18(17)30-12-6-4-2)20(26)24-10-14-32-22(24)28/h7-8H,3-6,9-14H2,1-2H3. The van der Waals surface area contributed by atoms with Crippen LogP contribution >= 0.6 is 23.5 Å². The normalized spacial score (nSPS) is 16.1. The second kappa shape index (κ2) is 11.6. The van der Waals surface area contributed by atoms with Gasteiger partial charge in [0.1, 0.15) is 0 Å². The van der Waals surface area contributed by atoms with Gasteiger partial charge in [-0.1, -0.05) is 50.2 Å². The van der Waals surface area contributed by atoms with Gasteiger partial charge in [0.15, 0.2) is 11.5 Å². The highest BCUT2D eigenvalue weighted by Crippen LogP contribution is 2.38. The first-order valence-electron chi connectivity index (χ1n) is 10.9. The summed E-state index contributed by atoms with van der Waals surface area (Å²) in [6, 6.07) is 2.99. The Morgan fingerprint density at radius 1 is 0.812 bits per heavy atom. The highest BCUT2D eigenvalue weighted by atomic mass is 32.2. The van der Waals surface area contributed by atoms with Crippen LogP contribution in [0.25, 0.3) is 0 Å². The van der Waals surface area contributed by atoms with E-state index >= 15 is 0 Å². The summed E-state index contributed by atoms with van der Waals surface area (Å²) in [5.41, 5.74) is 0.365. The van der Waals surface area contributed by atoms with Crippen LogP contribution in [-0.2, 0) is 0 Å². The molecule has 0 N–H and O–H groups in total. The van der Waals surface area contributed by atoms with Crippen LogP contribution in [0.5, 0.6) is 11.5 Å². The summed E-state index contributed by atoms with van der Waals surface area (Å²) < 4.78 is 12.0. The Hall–Kier alpha value is -2.20. The second-order valence-electron chi connectivity index (χ2n) is 7.37. The van der Waals surface area contributed by atoms with Gasteiger partial charge in [0, 0.05) is 24.6 Å². The first-order chi connectivity index (χ1) is 15.5. The molecule has 0 atom stereocenters. The number of hydrogen-bond donors (Lipinski definition) is 0. The van der Waals surface area contributed by atoms with Gasteiger partial charge < -0.3 is 9.47 Å². The lowest BCUT2D eigenvalue weighted by molar-refractivity contribution is 0.0809. The number of benzene rings is 1. The number of carbonyl (C=O) groups is 4. The molecule has 0 bridgehead atoms. The molecule has 174 valence electrons. The van der Waals surface area contributed by atoms with Gasteiger partial charge in [0.05, 0.1) is 24.3 Å². The lowest BCUT2D eigenvalue weighted by atomic mass is 10.1. The number of hydrogen-bond acceptors (Lipinski definition) is 8. The molecule has 0 aliphatic carbocycles. The fourth-order valence-electron chi connectivity index (χ4n) is 3.27. The molecule has 10 heteroatoms. The van der Waals surface area contributed by atoms with E-state index in [0.29, 0.717) is 37.8 Å². The van der Waals surface area contributed by atoms with E-state index < -0.39 is 11.8 Å². The van der Waals surface area contributed by atoms with Crippen LogP contribution in [0.3, 0.4) is 0 Å². The molecule has 1 aromatic carbocycles. The first-order valence-corrected chi connectivity index (χ1v) is 12.9. The van der Waals surface area contributed by atoms with E-state index in [4.69, 9.17) is 9.47 Å². The van der Waals surface area contributed by atoms with Crippen LogP contribution < -0.4 is 9.47 Å². The third-order valence-corrected chi connectivity index (χ3v) is 6.78. The van der Waals surface area contributed by atoms with E-state index in [-0.39, 0.29) is 33.1 Å². The molecule has 2 fully saturated rings. The van der Waals surface area contributed by atoms with Gasteiger partial charge >= 0.3 is 0 Å². The van der Waals surface area contributed by atoms with Crippen molar-refractivity contribution in [2.45, 2.75) is 39.5 Å². The smallest absolute Gasteiger partial charge is 0.288 e. The average molecular weight is 481 g/mol. The van der Waals surface area contributed by atoms with Gasteiger partial charge in [-0.05, 0) is 25.0 Å². The number of imide groups is 2. The fourth-order valence-corrected chi connectivity index (χ4v) is 4.83. The van der Waals surface area contributed by atoms with Crippen LogP contribution in [0.4, 0.5) is 9.59 Å². The molecule has 2 heterocycles. The van der Waals surface area contributed by atoms with Crippen LogP contribution in [0.1, 0.15) is 60.2 Å². The number of thioether (sulfide) groups is 2. The summed E-state index contributed by atoms with van der Waals surface area (Å²) in [5, 5.41) is -0.606. The van der Waals surface area contributed by atoms with Crippen molar-refractivity contribution in [2.24, 2.45) is 0 Å². The molecule has 0 radical (unpaired) electrons. The molecule has 0 saturated carbocycles. The zero-order chi connectivity index (χ0) is 23.1. The Morgan fingerprint density at radius 3 is 1.53 bits per heavy atom. The highest BCUT2D eigenvalue weighted by Gasteiger charge is 2.35. The Labute approximate surface area is 196 Å². The van der Waals surface area contributed by atoms with Crippen molar-refractivity contribution in [3.8, 4) is 11.5 Å². The van der Waals surface area contributed by atoms with E-state index in [1.807, 2.05) is 13.8 Å². The molecular weight excluding hydrogens is 452 g/mol. The summed E-state index contributed by atoms with van der Waals surface area (Å²) in [5.74, 6) is 0.463. The van der Waals surface area contributed by atoms with Crippen LogP contribution in [0.2, 0.25) is 0 Å². The minimum Gasteiger partial charge on any atom is -0.489 e. The Balaban J connectivity index is 2.05. The Kier molecular flexibility index (Phi) is 8.86. The summed E-state index contributed by atoms with van der Waals surface area (Å²) in [6.45, 7) is 5.35. The lowest BCUT2D eigenvalue weighted by Crippen LogP contribution is -2.33. The topological polar surface area (TPSA) is 93.2 Å². The largest absolute Gasteiger partial charge is 0.489 e. The van der Waals surface area contributed by atoms with Gasteiger partial charge in [-0.2, -0.15) is 0 Å². The van der Waals surface area contributed by atoms with E-state index in [0.717, 1.165) is 49.2 Å². The second-order valence-corrected chi connectivity index (χ2v) is 9.46. The highest BCUT2D eigenvalue weighted by molar-refractivity contribution is 8.14. The van der Waals surface area contributed by atoms with Gasteiger partial charge in [-0.3, -0.25) is 29.0 Å². The van der Waals surface area contributed by atoms with E-state index in [2.05, 4.69) is 0 Å². The molecule has 3 rings (SSSR count).